The normalized spacial score (nSPS) is 37.1. The molecule has 4 atom stereocenters. The average Bonchev–Trinajstić information content (AvgIpc) is 2.80. The van der Waals surface area contributed by atoms with Crippen molar-refractivity contribution < 1.29 is 10.2 Å². The number of likely N-dealkylation sites (tertiary alicyclic amines) is 1. The Labute approximate surface area is 118 Å². The first kappa shape index (κ1) is 15.3. The maximum absolute atomic E-state index is 10.2. The van der Waals surface area contributed by atoms with Gasteiger partial charge in [0.05, 0.1) is 6.10 Å². The summed E-state index contributed by atoms with van der Waals surface area (Å²) in [6.45, 7) is 8.28. The van der Waals surface area contributed by atoms with Gasteiger partial charge in [0.2, 0.25) is 0 Å². The maximum Gasteiger partial charge on any atom is 0.0580 e. The summed E-state index contributed by atoms with van der Waals surface area (Å²) in [7, 11) is 0. The molecule has 4 unspecified atom stereocenters. The standard InChI is InChI=1S/C16H31NO2/c1-12(2)14-3-4-16(19)15(9-14)11-17-7-5-13(10-17)6-8-18/h12-16,18-19H,3-11H2,1-2H3. The monoisotopic (exact) mass is 269 g/mol. The lowest BCUT2D eigenvalue weighted by Crippen LogP contribution is -2.39. The van der Waals surface area contributed by atoms with Crippen LogP contribution in [0.2, 0.25) is 0 Å². The molecular weight excluding hydrogens is 238 g/mol. The molecule has 1 aliphatic heterocycles. The largest absolute Gasteiger partial charge is 0.396 e. The van der Waals surface area contributed by atoms with Crippen LogP contribution in [0.3, 0.4) is 0 Å². The van der Waals surface area contributed by atoms with Gasteiger partial charge in [-0.25, -0.2) is 0 Å². The lowest BCUT2D eigenvalue weighted by atomic mass is 9.74. The van der Waals surface area contributed by atoms with Crippen molar-refractivity contribution in [3.8, 4) is 0 Å². The quantitative estimate of drug-likeness (QED) is 0.803. The topological polar surface area (TPSA) is 43.7 Å². The lowest BCUT2D eigenvalue weighted by Gasteiger charge is -2.37. The fourth-order valence-electron chi connectivity index (χ4n) is 3.91. The molecule has 3 nitrogen and oxygen atoms in total. The van der Waals surface area contributed by atoms with E-state index in [-0.39, 0.29) is 6.10 Å². The molecule has 2 aliphatic rings. The number of hydrogen-bond donors (Lipinski definition) is 2. The van der Waals surface area contributed by atoms with Gasteiger partial charge in [0.25, 0.3) is 0 Å². The molecule has 1 saturated carbocycles. The van der Waals surface area contributed by atoms with Gasteiger partial charge in [0.15, 0.2) is 0 Å². The molecular formula is C16H31NO2. The van der Waals surface area contributed by atoms with Crippen LogP contribution >= 0.6 is 0 Å². The van der Waals surface area contributed by atoms with Crippen LogP contribution < -0.4 is 0 Å². The predicted molar refractivity (Wildman–Crippen MR) is 77.9 cm³/mol. The van der Waals surface area contributed by atoms with Crippen LogP contribution in [-0.4, -0.2) is 47.5 Å². The minimum Gasteiger partial charge on any atom is -0.396 e. The first-order chi connectivity index (χ1) is 9.10. The van der Waals surface area contributed by atoms with Crippen molar-refractivity contribution in [2.75, 3.05) is 26.2 Å². The van der Waals surface area contributed by atoms with Crippen molar-refractivity contribution in [2.45, 2.75) is 52.1 Å². The van der Waals surface area contributed by atoms with Gasteiger partial charge in [-0.3, -0.25) is 0 Å². The Bertz CT molecular complexity index is 269. The molecule has 1 aliphatic carbocycles. The highest BCUT2D eigenvalue weighted by atomic mass is 16.3. The molecule has 0 bridgehead atoms. The van der Waals surface area contributed by atoms with E-state index in [1.807, 2.05) is 0 Å². The molecule has 0 radical (unpaired) electrons. The van der Waals surface area contributed by atoms with E-state index >= 15 is 0 Å². The Morgan fingerprint density at radius 1 is 1.21 bits per heavy atom. The summed E-state index contributed by atoms with van der Waals surface area (Å²) in [5.41, 5.74) is 0. The van der Waals surface area contributed by atoms with Crippen LogP contribution in [0.15, 0.2) is 0 Å². The Morgan fingerprint density at radius 3 is 2.68 bits per heavy atom. The third-order valence-corrected chi connectivity index (χ3v) is 5.33. The Hall–Kier alpha value is -0.120. The highest BCUT2D eigenvalue weighted by Gasteiger charge is 2.33. The van der Waals surface area contributed by atoms with E-state index in [1.165, 1.54) is 19.3 Å². The Balaban J connectivity index is 1.80. The molecule has 19 heavy (non-hydrogen) atoms. The van der Waals surface area contributed by atoms with Crippen LogP contribution in [0.1, 0.15) is 46.0 Å². The molecule has 2 N–H and O–H groups in total. The molecule has 112 valence electrons. The van der Waals surface area contributed by atoms with E-state index in [0.717, 1.165) is 44.3 Å². The van der Waals surface area contributed by atoms with Gasteiger partial charge in [-0.05, 0) is 62.3 Å². The summed E-state index contributed by atoms with van der Waals surface area (Å²) < 4.78 is 0. The molecule has 1 saturated heterocycles. The van der Waals surface area contributed by atoms with Gasteiger partial charge in [-0.15, -0.1) is 0 Å². The number of rotatable bonds is 5. The smallest absolute Gasteiger partial charge is 0.0580 e. The number of aliphatic hydroxyl groups is 2. The molecule has 0 aromatic rings. The molecule has 0 amide bonds. The predicted octanol–water partition coefficient (Wildman–Crippen LogP) is 2.12. The summed E-state index contributed by atoms with van der Waals surface area (Å²) in [5.74, 6) is 2.68. The minimum atomic E-state index is -0.0908. The number of aliphatic hydroxyl groups excluding tert-OH is 2. The van der Waals surface area contributed by atoms with E-state index in [0.29, 0.717) is 18.4 Å². The summed E-state index contributed by atoms with van der Waals surface area (Å²) >= 11 is 0. The summed E-state index contributed by atoms with van der Waals surface area (Å²) in [4.78, 5) is 2.51. The second kappa shape index (κ2) is 7.05. The molecule has 1 heterocycles. The van der Waals surface area contributed by atoms with Gasteiger partial charge < -0.3 is 15.1 Å². The van der Waals surface area contributed by atoms with Gasteiger partial charge in [0.1, 0.15) is 0 Å². The SMILES string of the molecule is CC(C)C1CCC(O)C(CN2CCC(CCO)C2)C1. The van der Waals surface area contributed by atoms with Gasteiger partial charge >= 0.3 is 0 Å². The van der Waals surface area contributed by atoms with Crippen molar-refractivity contribution in [3.63, 3.8) is 0 Å². The van der Waals surface area contributed by atoms with Crippen molar-refractivity contribution in [1.82, 2.24) is 4.90 Å². The van der Waals surface area contributed by atoms with Gasteiger partial charge in [-0.2, -0.15) is 0 Å². The number of nitrogens with zero attached hydrogens (tertiary/aromatic N) is 1. The maximum atomic E-state index is 10.2. The van der Waals surface area contributed by atoms with E-state index in [2.05, 4.69) is 18.7 Å². The van der Waals surface area contributed by atoms with E-state index < -0.39 is 0 Å². The zero-order valence-electron chi connectivity index (χ0n) is 12.6. The second-order valence-electron chi connectivity index (χ2n) is 7.07. The van der Waals surface area contributed by atoms with Crippen molar-refractivity contribution in [2.24, 2.45) is 23.7 Å². The fourth-order valence-corrected chi connectivity index (χ4v) is 3.91. The number of hydrogen-bond acceptors (Lipinski definition) is 3. The van der Waals surface area contributed by atoms with Gasteiger partial charge in [-0.1, -0.05) is 13.8 Å². The van der Waals surface area contributed by atoms with Crippen LogP contribution in [0.25, 0.3) is 0 Å². The van der Waals surface area contributed by atoms with Crippen molar-refractivity contribution in [1.29, 1.82) is 0 Å². The molecule has 2 rings (SSSR count). The summed E-state index contributed by atoms with van der Waals surface area (Å²) in [6.07, 6.45) is 5.45. The molecule has 2 fully saturated rings. The molecule has 0 aromatic carbocycles. The molecule has 0 aromatic heterocycles. The zero-order valence-corrected chi connectivity index (χ0v) is 12.6. The van der Waals surface area contributed by atoms with Crippen molar-refractivity contribution in [3.05, 3.63) is 0 Å². The van der Waals surface area contributed by atoms with Crippen LogP contribution in [0.4, 0.5) is 0 Å². The fraction of sp³-hybridized carbons (Fsp3) is 1.00. The first-order valence-electron chi connectivity index (χ1n) is 8.11. The van der Waals surface area contributed by atoms with Crippen LogP contribution in [0, 0.1) is 23.7 Å². The van der Waals surface area contributed by atoms with E-state index in [9.17, 15) is 5.11 Å². The van der Waals surface area contributed by atoms with Gasteiger partial charge in [0, 0.05) is 19.7 Å². The van der Waals surface area contributed by atoms with E-state index in [1.54, 1.807) is 0 Å². The third-order valence-electron chi connectivity index (χ3n) is 5.33. The highest BCUT2D eigenvalue weighted by molar-refractivity contribution is 4.85. The highest BCUT2D eigenvalue weighted by Crippen LogP contribution is 2.35. The Kier molecular flexibility index (Phi) is 5.67. The van der Waals surface area contributed by atoms with Crippen LogP contribution in [0.5, 0.6) is 0 Å². The Morgan fingerprint density at radius 2 is 2.00 bits per heavy atom. The van der Waals surface area contributed by atoms with Crippen LogP contribution in [-0.2, 0) is 0 Å². The third kappa shape index (κ3) is 4.17. The second-order valence-corrected chi connectivity index (χ2v) is 7.07. The lowest BCUT2D eigenvalue weighted by molar-refractivity contribution is 0.0215. The summed E-state index contributed by atoms with van der Waals surface area (Å²) in [5, 5.41) is 19.2. The summed E-state index contributed by atoms with van der Waals surface area (Å²) in [6, 6.07) is 0. The minimum absolute atomic E-state index is 0.0908. The average molecular weight is 269 g/mol. The molecule has 0 spiro atoms. The zero-order chi connectivity index (χ0) is 13.8. The molecule has 3 heteroatoms. The van der Waals surface area contributed by atoms with E-state index in [4.69, 9.17) is 5.11 Å². The first-order valence-corrected chi connectivity index (χ1v) is 8.11. The van der Waals surface area contributed by atoms with Crippen molar-refractivity contribution >= 4 is 0 Å².